The quantitative estimate of drug-likeness (QED) is 0.0932. The van der Waals surface area contributed by atoms with Gasteiger partial charge in [-0.05, 0) is 67.1 Å². The van der Waals surface area contributed by atoms with E-state index in [-0.39, 0.29) is 25.5 Å². The van der Waals surface area contributed by atoms with Crippen molar-refractivity contribution in [2.75, 3.05) is 24.8 Å². The number of likely N-dealkylation sites (tertiary alicyclic amines) is 1. The second-order valence-electron chi connectivity index (χ2n) is 15.1. The third-order valence-electron chi connectivity index (χ3n) is 10.2. The molecular formula is C37H40F6N4O3Si. The number of hydrogen-bond acceptors (Lipinski definition) is 5. The predicted octanol–water partition coefficient (Wildman–Crippen LogP) is 7.58. The van der Waals surface area contributed by atoms with Gasteiger partial charge in [-0.15, -0.1) is 0 Å². The number of nitrogens with zero attached hydrogens (tertiary/aromatic N) is 4. The molecule has 0 saturated carbocycles. The predicted molar refractivity (Wildman–Crippen MR) is 182 cm³/mol. The SMILES string of the molecule is CC1C(c2cc(F)cc(F)c2F)CC(CC=Cc2cnc3c(c2)C[C@@]2(C3)C(=O)N(COCC[Si](C)(C)C)c3ncccc32)C(=O)N1CC(F)(F)F. The number of carbonyl (C=O) groups excluding carboxylic acids is 2. The van der Waals surface area contributed by atoms with Gasteiger partial charge >= 0.3 is 6.18 Å². The molecule has 14 heteroatoms. The van der Waals surface area contributed by atoms with Crippen LogP contribution in [0.5, 0.6) is 0 Å². The molecule has 1 fully saturated rings. The Morgan fingerprint density at radius 3 is 2.57 bits per heavy atom. The molecule has 4 heterocycles. The van der Waals surface area contributed by atoms with Crippen molar-refractivity contribution in [3.05, 3.63) is 94.2 Å². The van der Waals surface area contributed by atoms with Gasteiger partial charge in [0.1, 0.15) is 24.9 Å². The van der Waals surface area contributed by atoms with Crippen LogP contribution in [0.15, 0.2) is 48.8 Å². The Morgan fingerprint density at radius 1 is 1.08 bits per heavy atom. The highest BCUT2D eigenvalue weighted by Crippen LogP contribution is 2.49. The maximum atomic E-state index is 14.8. The number of ether oxygens (including phenoxy) is 1. The zero-order valence-corrected chi connectivity index (χ0v) is 29.9. The van der Waals surface area contributed by atoms with Gasteiger partial charge in [-0.1, -0.05) is 37.9 Å². The van der Waals surface area contributed by atoms with Gasteiger partial charge in [0.2, 0.25) is 11.8 Å². The van der Waals surface area contributed by atoms with E-state index in [4.69, 9.17) is 4.74 Å². The number of benzene rings is 1. The molecular weight excluding hydrogens is 691 g/mol. The lowest BCUT2D eigenvalue weighted by Crippen LogP contribution is -2.53. The summed E-state index contributed by atoms with van der Waals surface area (Å²) in [6.45, 7) is 7.19. The van der Waals surface area contributed by atoms with Crippen molar-refractivity contribution in [2.24, 2.45) is 5.92 Å². The number of carbonyl (C=O) groups is 2. The summed E-state index contributed by atoms with van der Waals surface area (Å²) in [5, 5.41) is 0. The van der Waals surface area contributed by atoms with Gasteiger partial charge < -0.3 is 9.64 Å². The standard InChI is InChI=1S/C37H40F6N4O3Si/c1-22-27(28-15-26(38)16-30(39)32(28)40)14-24(34(48)46(22)20-37(41,42)43)8-5-7-23-13-25-17-36(18-31(25)45-19-23)29-9-6-10-44-33(29)47(35(36)49)21-50-11-12-51(2,3)4/h5-7,9-10,13,15-16,19,22,24,27H,8,11-12,14,17-18,20-21H2,1-4H3/t22?,24?,27?,36-/m0/s1. The number of allylic oxidation sites excluding steroid dienone is 1. The maximum Gasteiger partial charge on any atom is 0.406 e. The Bertz CT molecular complexity index is 1860. The highest BCUT2D eigenvalue weighted by Gasteiger charge is 2.55. The first-order valence-corrected chi connectivity index (χ1v) is 20.7. The fourth-order valence-electron chi connectivity index (χ4n) is 7.55. The fourth-order valence-corrected chi connectivity index (χ4v) is 8.31. The number of hydrogen-bond donors (Lipinski definition) is 0. The molecule has 1 aliphatic carbocycles. The largest absolute Gasteiger partial charge is 0.406 e. The number of piperidine rings is 1. The van der Waals surface area contributed by atoms with Crippen LogP contribution in [0, 0.1) is 23.4 Å². The van der Waals surface area contributed by atoms with Crippen LogP contribution in [-0.4, -0.2) is 66.9 Å². The lowest BCUT2D eigenvalue weighted by atomic mass is 9.77. The Hall–Kier alpha value is -4.04. The Labute approximate surface area is 293 Å². The second-order valence-corrected chi connectivity index (χ2v) is 20.7. The van der Waals surface area contributed by atoms with E-state index in [1.54, 1.807) is 35.5 Å². The molecule has 0 N–H and O–H groups in total. The maximum absolute atomic E-state index is 14.8. The summed E-state index contributed by atoms with van der Waals surface area (Å²) < 4.78 is 89.6. The number of alkyl halides is 3. The minimum absolute atomic E-state index is 0.00103. The van der Waals surface area contributed by atoms with E-state index >= 15 is 0 Å². The Balaban J connectivity index is 1.19. The molecule has 6 rings (SSSR count). The molecule has 3 unspecified atom stereocenters. The molecule has 1 aromatic carbocycles. The fraction of sp³-hybridized carbons (Fsp3) is 0.459. The van der Waals surface area contributed by atoms with Crippen LogP contribution in [0.3, 0.4) is 0 Å². The number of anilines is 1. The molecule has 0 bridgehead atoms. The van der Waals surface area contributed by atoms with E-state index in [0.29, 0.717) is 41.8 Å². The Kier molecular flexibility index (Phi) is 9.96. The first-order valence-electron chi connectivity index (χ1n) is 17.0. The van der Waals surface area contributed by atoms with Crippen LogP contribution in [0.1, 0.15) is 53.6 Å². The molecule has 2 aromatic heterocycles. The van der Waals surface area contributed by atoms with Crippen molar-refractivity contribution in [3.63, 3.8) is 0 Å². The molecule has 1 spiro atoms. The summed E-state index contributed by atoms with van der Waals surface area (Å²) in [4.78, 5) is 38.8. The second kappa shape index (κ2) is 13.8. The van der Waals surface area contributed by atoms with E-state index in [9.17, 15) is 35.9 Å². The molecule has 4 atom stereocenters. The van der Waals surface area contributed by atoms with Crippen molar-refractivity contribution in [2.45, 2.75) is 81.8 Å². The number of amides is 2. The molecule has 2 amide bonds. The lowest BCUT2D eigenvalue weighted by Gasteiger charge is -2.43. The van der Waals surface area contributed by atoms with Crippen LogP contribution in [0.4, 0.5) is 32.2 Å². The third kappa shape index (κ3) is 7.48. The average Bonchev–Trinajstić information content (AvgIpc) is 3.54. The number of pyridine rings is 2. The molecule has 1 saturated heterocycles. The summed E-state index contributed by atoms with van der Waals surface area (Å²) in [7, 11) is -1.32. The van der Waals surface area contributed by atoms with Gasteiger partial charge in [0.05, 0.1) is 5.41 Å². The number of fused-ring (bicyclic) bond motifs is 3. The van der Waals surface area contributed by atoms with Gasteiger partial charge in [0.25, 0.3) is 0 Å². The highest BCUT2D eigenvalue weighted by molar-refractivity contribution is 6.76. The van der Waals surface area contributed by atoms with Gasteiger partial charge in [-0.3, -0.25) is 19.5 Å². The van der Waals surface area contributed by atoms with Crippen LogP contribution in [-0.2, 0) is 32.6 Å². The summed E-state index contributed by atoms with van der Waals surface area (Å²) >= 11 is 0. The molecule has 3 aromatic rings. The van der Waals surface area contributed by atoms with Crippen LogP contribution >= 0.6 is 0 Å². The van der Waals surface area contributed by atoms with Crippen molar-refractivity contribution < 1.29 is 40.7 Å². The first kappa shape index (κ1) is 36.7. The van der Waals surface area contributed by atoms with Crippen molar-refractivity contribution >= 4 is 31.8 Å². The number of halogens is 6. The number of aromatic nitrogens is 2. The summed E-state index contributed by atoms with van der Waals surface area (Å²) in [6, 6.07) is 6.58. The average molecular weight is 731 g/mol. The van der Waals surface area contributed by atoms with Crippen LogP contribution in [0.25, 0.3) is 6.08 Å². The molecule has 0 radical (unpaired) electrons. The third-order valence-corrected chi connectivity index (χ3v) is 11.9. The van der Waals surface area contributed by atoms with E-state index in [1.165, 1.54) is 6.92 Å². The molecule has 7 nitrogen and oxygen atoms in total. The van der Waals surface area contributed by atoms with Gasteiger partial charge in [0, 0.05) is 68.7 Å². The lowest BCUT2D eigenvalue weighted by molar-refractivity contribution is -0.172. The van der Waals surface area contributed by atoms with Gasteiger partial charge in [-0.2, -0.15) is 13.2 Å². The highest BCUT2D eigenvalue weighted by atomic mass is 28.3. The zero-order valence-electron chi connectivity index (χ0n) is 28.9. The van der Waals surface area contributed by atoms with Crippen molar-refractivity contribution in [1.82, 2.24) is 14.9 Å². The molecule has 3 aliphatic rings. The number of rotatable bonds is 10. The monoisotopic (exact) mass is 730 g/mol. The van der Waals surface area contributed by atoms with Crippen molar-refractivity contribution in [3.8, 4) is 0 Å². The van der Waals surface area contributed by atoms with Gasteiger partial charge in [-0.25, -0.2) is 18.2 Å². The van der Waals surface area contributed by atoms with E-state index in [2.05, 4.69) is 29.6 Å². The normalized spacial score (nSPS) is 23.5. The van der Waals surface area contributed by atoms with Crippen molar-refractivity contribution in [1.29, 1.82) is 0 Å². The summed E-state index contributed by atoms with van der Waals surface area (Å²) in [5.41, 5.74) is 1.83. The zero-order chi connectivity index (χ0) is 36.9. The topological polar surface area (TPSA) is 75.6 Å². The summed E-state index contributed by atoms with van der Waals surface area (Å²) in [6.07, 6.45) is 2.55. The molecule has 272 valence electrons. The Morgan fingerprint density at radius 2 is 1.84 bits per heavy atom. The van der Waals surface area contributed by atoms with Gasteiger partial charge in [0.15, 0.2) is 11.6 Å². The smallest absolute Gasteiger partial charge is 0.361 e. The molecule has 2 aliphatic heterocycles. The molecule has 51 heavy (non-hydrogen) atoms. The van der Waals surface area contributed by atoms with E-state index in [0.717, 1.165) is 28.9 Å². The van der Waals surface area contributed by atoms with Crippen LogP contribution < -0.4 is 4.90 Å². The summed E-state index contributed by atoms with van der Waals surface area (Å²) in [5.74, 6) is -6.22. The minimum atomic E-state index is -4.74. The minimum Gasteiger partial charge on any atom is -0.361 e. The first-order chi connectivity index (χ1) is 24.0. The van der Waals surface area contributed by atoms with E-state index in [1.807, 2.05) is 12.1 Å². The van der Waals surface area contributed by atoms with Crippen LogP contribution in [0.2, 0.25) is 25.7 Å². The van der Waals surface area contributed by atoms with E-state index < -0.39 is 73.0 Å².